The van der Waals surface area contributed by atoms with Crippen LogP contribution in [0.4, 0.5) is 23.1 Å². The minimum atomic E-state index is 0.267. The van der Waals surface area contributed by atoms with E-state index in [0.29, 0.717) is 51.3 Å². The highest BCUT2D eigenvalue weighted by atomic mass is 35.5. The second-order valence-electron chi connectivity index (χ2n) is 8.98. The number of rotatable bonds is 5. The molecule has 1 saturated heterocycles. The van der Waals surface area contributed by atoms with Crippen molar-refractivity contribution in [1.82, 2.24) is 19.6 Å². The summed E-state index contributed by atoms with van der Waals surface area (Å²) in [5, 5.41) is 30.6. The summed E-state index contributed by atoms with van der Waals surface area (Å²) >= 11 is 6.84. The fraction of sp³-hybridized carbons (Fsp3) is 0.435. The number of imidazole rings is 1. The van der Waals surface area contributed by atoms with Gasteiger partial charge in [0.05, 0.1) is 34.2 Å². The van der Waals surface area contributed by atoms with E-state index in [1.165, 1.54) is 10.7 Å². The first-order valence-electron chi connectivity index (χ1n) is 11.1. The Hall–Kier alpha value is -3.56. The summed E-state index contributed by atoms with van der Waals surface area (Å²) in [7, 11) is 0. The third-order valence-corrected chi connectivity index (χ3v) is 6.90. The number of benzene rings is 1. The lowest BCUT2D eigenvalue weighted by Crippen LogP contribution is -2.38. The molecule has 1 aliphatic heterocycles. The molecule has 33 heavy (non-hydrogen) atoms. The Balaban J connectivity index is 1.54. The second-order valence-corrected chi connectivity index (χ2v) is 9.35. The second kappa shape index (κ2) is 8.42. The van der Waals surface area contributed by atoms with Crippen LogP contribution < -0.4 is 15.5 Å². The first-order valence-corrected chi connectivity index (χ1v) is 11.5. The number of nitrogens with one attached hydrogen (secondary N) is 2. The average molecular weight is 462 g/mol. The van der Waals surface area contributed by atoms with Gasteiger partial charge in [-0.25, -0.2) is 4.98 Å². The molecule has 2 N–H and O–H groups in total. The molecule has 0 spiro atoms. The van der Waals surface area contributed by atoms with Gasteiger partial charge in [-0.05, 0) is 43.2 Å². The molecule has 0 radical (unpaired) electrons. The third kappa shape index (κ3) is 4.12. The summed E-state index contributed by atoms with van der Waals surface area (Å²) in [5.74, 6) is 2.01. The monoisotopic (exact) mass is 461 g/mol. The van der Waals surface area contributed by atoms with Crippen LogP contribution in [0.15, 0.2) is 18.3 Å². The largest absolute Gasteiger partial charge is 0.370 e. The van der Waals surface area contributed by atoms with Crippen molar-refractivity contribution in [2.45, 2.75) is 39.2 Å². The van der Waals surface area contributed by atoms with E-state index >= 15 is 0 Å². The summed E-state index contributed by atoms with van der Waals surface area (Å²) in [6.45, 7) is 6.29. The lowest BCUT2D eigenvalue weighted by atomic mass is 9.88. The summed E-state index contributed by atoms with van der Waals surface area (Å²) in [6, 6.07) is 8.22. The zero-order valence-electron chi connectivity index (χ0n) is 18.5. The van der Waals surface area contributed by atoms with E-state index in [4.69, 9.17) is 11.6 Å². The zero-order chi connectivity index (χ0) is 23.1. The fourth-order valence-electron chi connectivity index (χ4n) is 4.13. The van der Waals surface area contributed by atoms with Gasteiger partial charge in [0.1, 0.15) is 6.07 Å². The number of fused-ring (bicyclic) bond motifs is 1. The van der Waals surface area contributed by atoms with Crippen LogP contribution >= 0.6 is 11.6 Å². The van der Waals surface area contributed by atoms with E-state index < -0.39 is 0 Å². The van der Waals surface area contributed by atoms with Gasteiger partial charge in [0.25, 0.3) is 0 Å². The van der Waals surface area contributed by atoms with E-state index in [9.17, 15) is 10.5 Å². The molecular formula is C23H24ClN9. The maximum Gasteiger partial charge on any atom is 0.247 e. The lowest BCUT2D eigenvalue weighted by Gasteiger charge is -2.37. The molecular weight excluding hydrogens is 438 g/mol. The molecule has 1 saturated carbocycles. The Labute approximate surface area is 197 Å². The maximum absolute atomic E-state index is 9.64. The van der Waals surface area contributed by atoms with Crippen molar-refractivity contribution in [1.29, 1.82) is 10.5 Å². The van der Waals surface area contributed by atoms with Gasteiger partial charge in [-0.2, -0.15) is 20.0 Å². The lowest BCUT2D eigenvalue weighted by molar-refractivity contribution is 0.324. The normalized spacial score (nSPS) is 20.3. The number of aromatic nitrogens is 4. The molecule has 9 nitrogen and oxygen atoms in total. The Kier molecular flexibility index (Phi) is 5.43. The van der Waals surface area contributed by atoms with Crippen molar-refractivity contribution >= 4 is 40.4 Å². The molecule has 5 rings (SSSR count). The van der Waals surface area contributed by atoms with Crippen LogP contribution in [0.2, 0.25) is 5.02 Å². The van der Waals surface area contributed by atoms with Crippen LogP contribution in [0.5, 0.6) is 0 Å². The van der Waals surface area contributed by atoms with Crippen LogP contribution in [-0.2, 0) is 0 Å². The van der Waals surface area contributed by atoms with Gasteiger partial charge >= 0.3 is 0 Å². The minimum Gasteiger partial charge on any atom is -0.370 e. The molecule has 2 unspecified atom stereocenters. The highest BCUT2D eigenvalue weighted by Gasteiger charge is 2.26. The molecule has 168 valence electrons. The van der Waals surface area contributed by atoms with Gasteiger partial charge in [0.15, 0.2) is 17.2 Å². The van der Waals surface area contributed by atoms with Crippen LogP contribution in [0.1, 0.15) is 44.4 Å². The molecule has 1 aliphatic carbocycles. The Bertz CT molecular complexity index is 1300. The SMILES string of the molecule is CC1CCN(c2cc(C#N)cc(Nc3nc(NC4CC4)c4ncc(C#N)n4n3)c2Cl)CC1C. The van der Waals surface area contributed by atoms with Gasteiger partial charge in [0, 0.05) is 19.1 Å². The van der Waals surface area contributed by atoms with E-state index in [-0.39, 0.29) is 5.95 Å². The van der Waals surface area contributed by atoms with Crippen LogP contribution in [-0.4, -0.2) is 38.7 Å². The van der Waals surface area contributed by atoms with Crippen LogP contribution in [0, 0.1) is 34.5 Å². The van der Waals surface area contributed by atoms with Crippen molar-refractivity contribution < 1.29 is 0 Å². The van der Waals surface area contributed by atoms with Crippen molar-refractivity contribution in [3.8, 4) is 12.1 Å². The molecule has 2 aromatic heterocycles. The number of piperidine rings is 1. The molecule has 0 bridgehead atoms. The van der Waals surface area contributed by atoms with E-state index in [2.05, 4.69) is 56.6 Å². The smallest absolute Gasteiger partial charge is 0.247 e. The number of hydrogen-bond donors (Lipinski definition) is 2. The Morgan fingerprint density at radius 2 is 1.94 bits per heavy atom. The summed E-state index contributed by atoms with van der Waals surface area (Å²) in [5.41, 5.74) is 2.68. The molecule has 10 heteroatoms. The number of hydrogen-bond acceptors (Lipinski definition) is 8. The standard InChI is InChI=1S/C23H24ClN9/c1-13-5-6-32(12-14(13)2)19-8-15(9-25)7-18(20(19)24)29-23-30-21(28-16-3-4-16)22-27-11-17(10-26)33(22)31-23/h7-8,11,13-14,16H,3-6,12H2,1-2H3,(H2,28,29,30,31). The van der Waals surface area contributed by atoms with E-state index in [1.54, 1.807) is 6.07 Å². The Morgan fingerprint density at radius 3 is 2.64 bits per heavy atom. The van der Waals surface area contributed by atoms with Gasteiger partial charge in [0.2, 0.25) is 5.95 Å². The highest BCUT2D eigenvalue weighted by Crippen LogP contribution is 2.38. The predicted molar refractivity (Wildman–Crippen MR) is 127 cm³/mol. The molecule has 2 aliphatic rings. The first-order chi connectivity index (χ1) is 16.0. The predicted octanol–water partition coefficient (Wildman–Crippen LogP) is 4.32. The number of halogens is 1. The van der Waals surface area contributed by atoms with Gasteiger partial charge in [-0.3, -0.25) is 0 Å². The fourth-order valence-corrected chi connectivity index (χ4v) is 4.40. The molecule has 3 aromatic rings. The van der Waals surface area contributed by atoms with Gasteiger partial charge < -0.3 is 15.5 Å². The molecule has 2 atom stereocenters. The molecule has 3 heterocycles. The summed E-state index contributed by atoms with van der Waals surface area (Å²) in [4.78, 5) is 11.1. The van der Waals surface area contributed by atoms with Crippen molar-refractivity contribution in [3.63, 3.8) is 0 Å². The minimum absolute atomic E-state index is 0.267. The van der Waals surface area contributed by atoms with Crippen molar-refractivity contribution in [3.05, 3.63) is 34.6 Å². The van der Waals surface area contributed by atoms with Gasteiger partial charge in [-0.1, -0.05) is 25.4 Å². The van der Waals surface area contributed by atoms with Crippen molar-refractivity contribution in [2.75, 3.05) is 28.6 Å². The summed E-state index contributed by atoms with van der Waals surface area (Å²) < 4.78 is 1.47. The summed E-state index contributed by atoms with van der Waals surface area (Å²) in [6.07, 6.45) is 4.68. The molecule has 1 aromatic carbocycles. The number of nitrogens with zero attached hydrogens (tertiary/aromatic N) is 7. The number of nitriles is 2. The molecule has 2 fully saturated rings. The maximum atomic E-state index is 9.64. The van der Waals surface area contributed by atoms with Crippen molar-refractivity contribution in [2.24, 2.45) is 11.8 Å². The highest BCUT2D eigenvalue weighted by molar-refractivity contribution is 6.36. The first kappa shape index (κ1) is 21.3. The van der Waals surface area contributed by atoms with E-state index in [1.807, 2.05) is 6.07 Å². The Morgan fingerprint density at radius 1 is 1.12 bits per heavy atom. The number of anilines is 4. The zero-order valence-corrected chi connectivity index (χ0v) is 19.3. The van der Waals surface area contributed by atoms with E-state index in [0.717, 1.165) is 38.0 Å². The van der Waals surface area contributed by atoms with Gasteiger partial charge in [-0.15, -0.1) is 5.10 Å². The topological polar surface area (TPSA) is 118 Å². The van der Waals surface area contributed by atoms with Crippen LogP contribution in [0.25, 0.3) is 5.65 Å². The van der Waals surface area contributed by atoms with Crippen LogP contribution in [0.3, 0.4) is 0 Å². The average Bonchev–Trinajstić information content (AvgIpc) is 3.53. The quantitative estimate of drug-likeness (QED) is 0.576. The third-order valence-electron chi connectivity index (χ3n) is 6.50. The molecule has 0 amide bonds.